The number of nitrogen functional groups attached to an aromatic ring is 1. The number of pyridine rings is 1. The summed E-state index contributed by atoms with van der Waals surface area (Å²) in [5.74, 6) is -0.532. The highest BCUT2D eigenvalue weighted by Crippen LogP contribution is 2.09. The lowest BCUT2D eigenvalue weighted by Gasteiger charge is -2.21. The summed E-state index contributed by atoms with van der Waals surface area (Å²) >= 11 is 0. The van der Waals surface area contributed by atoms with Crippen molar-refractivity contribution < 1.29 is 14.7 Å². The van der Waals surface area contributed by atoms with E-state index in [0.717, 1.165) is 22.3 Å². The van der Waals surface area contributed by atoms with Crippen LogP contribution in [-0.2, 0) is 29.0 Å². The zero-order chi connectivity index (χ0) is 22.9. The van der Waals surface area contributed by atoms with E-state index in [9.17, 15) is 14.7 Å². The fraction of sp³-hybridized carbons (Fsp3) is 0.240. The maximum Gasteiger partial charge on any atom is 0.249 e. The molecule has 1 heterocycles. The molecule has 7 heteroatoms. The minimum Gasteiger partial charge on any atom is -0.384 e. The molecule has 0 saturated carbocycles. The van der Waals surface area contributed by atoms with Gasteiger partial charge in [0.2, 0.25) is 11.8 Å². The van der Waals surface area contributed by atoms with Crippen molar-refractivity contribution in [3.05, 3.63) is 95.2 Å². The van der Waals surface area contributed by atoms with Crippen LogP contribution in [0.25, 0.3) is 0 Å². The van der Waals surface area contributed by atoms with Crippen molar-refractivity contribution in [3.63, 3.8) is 0 Å². The number of aliphatic hydroxyl groups is 1. The summed E-state index contributed by atoms with van der Waals surface area (Å²) in [7, 11) is 0. The first-order valence-electron chi connectivity index (χ1n) is 10.5. The van der Waals surface area contributed by atoms with Gasteiger partial charge in [0.05, 0.1) is 0 Å². The largest absolute Gasteiger partial charge is 0.384 e. The number of hydrogen-bond acceptors (Lipinski definition) is 5. The minimum atomic E-state index is -1.26. The van der Waals surface area contributed by atoms with Crippen molar-refractivity contribution >= 4 is 17.6 Å². The molecule has 0 radical (unpaired) electrons. The van der Waals surface area contributed by atoms with Gasteiger partial charge >= 0.3 is 0 Å². The van der Waals surface area contributed by atoms with Crippen molar-refractivity contribution in [2.45, 2.75) is 38.5 Å². The van der Waals surface area contributed by atoms with Crippen molar-refractivity contribution in [1.82, 2.24) is 15.6 Å². The maximum atomic E-state index is 12.9. The third kappa shape index (κ3) is 6.92. The van der Waals surface area contributed by atoms with E-state index in [1.165, 1.54) is 0 Å². The Morgan fingerprint density at radius 3 is 2.22 bits per heavy atom. The molecule has 0 aliphatic carbocycles. The maximum absolute atomic E-state index is 12.9. The zero-order valence-corrected chi connectivity index (χ0v) is 18.0. The molecule has 0 bridgehead atoms. The van der Waals surface area contributed by atoms with E-state index in [1.807, 2.05) is 61.5 Å². The molecule has 2 amide bonds. The predicted molar refractivity (Wildman–Crippen MR) is 123 cm³/mol. The molecule has 3 rings (SSSR count). The standard InChI is InChI=1S/C25H28N4O3/c1-17-7-9-19(10-8-17)13-21(24(31)28-16-20-11-12-23(26)27-15-20)29-25(32)22(30)14-18-5-3-2-4-6-18/h2-12,15,21-22,30H,13-14,16H2,1H3,(H2,26,27)(H,28,31)(H,29,32)/t21-,22+/m0/s1. The van der Waals surface area contributed by atoms with Gasteiger partial charge in [-0.1, -0.05) is 66.2 Å². The summed E-state index contributed by atoms with van der Waals surface area (Å²) in [5, 5.41) is 15.9. The Balaban J connectivity index is 1.67. The van der Waals surface area contributed by atoms with E-state index in [1.54, 1.807) is 18.3 Å². The number of aromatic nitrogens is 1. The molecule has 0 aliphatic heterocycles. The Morgan fingerprint density at radius 2 is 1.56 bits per heavy atom. The van der Waals surface area contributed by atoms with Crippen LogP contribution in [0.2, 0.25) is 0 Å². The molecule has 32 heavy (non-hydrogen) atoms. The van der Waals surface area contributed by atoms with Gasteiger partial charge in [-0.25, -0.2) is 4.98 Å². The molecular weight excluding hydrogens is 404 g/mol. The first-order chi connectivity index (χ1) is 15.4. The molecular formula is C25H28N4O3. The third-order valence-electron chi connectivity index (χ3n) is 5.08. The summed E-state index contributed by atoms with van der Waals surface area (Å²) in [5.41, 5.74) is 9.23. The number of anilines is 1. The first-order valence-corrected chi connectivity index (χ1v) is 10.5. The number of nitrogens with zero attached hydrogens (tertiary/aromatic N) is 1. The molecule has 166 valence electrons. The highest BCUT2D eigenvalue weighted by Gasteiger charge is 2.25. The van der Waals surface area contributed by atoms with Crippen LogP contribution in [-0.4, -0.2) is 34.1 Å². The number of rotatable bonds is 9. The van der Waals surface area contributed by atoms with Crippen LogP contribution >= 0.6 is 0 Å². The van der Waals surface area contributed by atoms with E-state index >= 15 is 0 Å². The van der Waals surface area contributed by atoms with E-state index < -0.39 is 18.1 Å². The lowest BCUT2D eigenvalue weighted by molar-refractivity contribution is -0.134. The summed E-state index contributed by atoms with van der Waals surface area (Å²) in [6, 6.07) is 19.6. The van der Waals surface area contributed by atoms with Gasteiger partial charge in [0.1, 0.15) is 18.0 Å². The Hall–Kier alpha value is -3.71. The Labute approximate surface area is 187 Å². The number of nitrogens with one attached hydrogen (secondary N) is 2. The van der Waals surface area contributed by atoms with Crippen LogP contribution < -0.4 is 16.4 Å². The van der Waals surface area contributed by atoms with Crippen molar-refractivity contribution in [3.8, 4) is 0 Å². The Morgan fingerprint density at radius 1 is 0.906 bits per heavy atom. The summed E-state index contributed by atoms with van der Waals surface area (Å²) in [6.07, 6.45) is 0.803. The second kappa shape index (κ2) is 11.1. The number of carbonyl (C=O) groups is 2. The van der Waals surface area contributed by atoms with Gasteiger partial charge in [-0.05, 0) is 29.7 Å². The average Bonchev–Trinajstić information content (AvgIpc) is 2.80. The number of benzene rings is 2. The SMILES string of the molecule is Cc1ccc(C[C@H](NC(=O)[C@H](O)Cc2ccccc2)C(=O)NCc2ccc(N)nc2)cc1. The van der Waals surface area contributed by atoms with Crippen molar-refractivity contribution in [2.75, 3.05) is 5.73 Å². The second-order valence-electron chi connectivity index (χ2n) is 7.77. The lowest BCUT2D eigenvalue weighted by Crippen LogP contribution is -2.51. The minimum absolute atomic E-state index is 0.169. The fourth-order valence-electron chi connectivity index (χ4n) is 3.22. The topological polar surface area (TPSA) is 117 Å². The van der Waals surface area contributed by atoms with E-state index in [-0.39, 0.29) is 18.9 Å². The van der Waals surface area contributed by atoms with E-state index in [0.29, 0.717) is 12.2 Å². The molecule has 0 unspecified atom stereocenters. The third-order valence-corrected chi connectivity index (χ3v) is 5.08. The van der Waals surface area contributed by atoms with Crippen LogP contribution in [0.5, 0.6) is 0 Å². The van der Waals surface area contributed by atoms with Gasteiger partial charge in [0.15, 0.2) is 0 Å². The van der Waals surface area contributed by atoms with Crippen LogP contribution in [0, 0.1) is 6.92 Å². The van der Waals surface area contributed by atoms with Crippen LogP contribution in [0.4, 0.5) is 5.82 Å². The number of carbonyl (C=O) groups excluding carboxylic acids is 2. The molecule has 3 aromatic rings. The molecule has 0 spiro atoms. The van der Waals surface area contributed by atoms with Crippen LogP contribution in [0.1, 0.15) is 22.3 Å². The molecule has 0 aliphatic rings. The quantitative estimate of drug-likeness (QED) is 0.412. The number of amides is 2. The molecule has 2 atom stereocenters. The number of hydrogen-bond donors (Lipinski definition) is 4. The molecule has 1 aromatic heterocycles. The number of aryl methyl sites for hydroxylation is 1. The number of nitrogens with two attached hydrogens (primary N) is 1. The molecule has 0 fully saturated rings. The van der Waals surface area contributed by atoms with Gasteiger partial charge in [-0.3, -0.25) is 9.59 Å². The molecule has 7 nitrogen and oxygen atoms in total. The summed E-state index contributed by atoms with van der Waals surface area (Å²) in [4.78, 5) is 29.6. The highest BCUT2D eigenvalue weighted by atomic mass is 16.3. The van der Waals surface area contributed by atoms with Crippen molar-refractivity contribution in [1.29, 1.82) is 0 Å². The smallest absolute Gasteiger partial charge is 0.249 e. The van der Waals surface area contributed by atoms with Crippen LogP contribution in [0.15, 0.2) is 72.9 Å². The first kappa shape index (κ1) is 23.0. The average molecular weight is 433 g/mol. The van der Waals surface area contributed by atoms with Gasteiger partial charge in [-0.2, -0.15) is 0 Å². The molecule has 0 saturated heterocycles. The normalized spacial score (nSPS) is 12.6. The second-order valence-corrected chi connectivity index (χ2v) is 7.77. The van der Waals surface area contributed by atoms with Gasteiger partial charge < -0.3 is 21.5 Å². The fourth-order valence-corrected chi connectivity index (χ4v) is 3.22. The predicted octanol–water partition coefficient (Wildman–Crippen LogP) is 1.92. The Kier molecular flexibility index (Phi) is 7.94. The highest BCUT2D eigenvalue weighted by molar-refractivity contribution is 5.89. The van der Waals surface area contributed by atoms with Gasteiger partial charge in [-0.15, -0.1) is 0 Å². The monoisotopic (exact) mass is 432 g/mol. The lowest BCUT2D eigenvalue weighted by atomic mass is 10.0. The number of aliphatic hydroxyl groups excluding tert-OH is 1. The summed E-state index contributed by atoms with van der Waals surface area (Å²) in [6.45, 7) is 2.23. The van der Waals surface area contributed by atoms with E-state index in [2.05, 4.69) is 15.6 Å². The van der Waals surface area contributed by atoms with Crippen molar-refractivity contribution in [2.24, 2.45) is 0 Å². The van der Waals surface area contributed by atoms with Gasteiger partial charge in [0.25, 0.3) is 0 Å². The van der Waals surface area contributed by atoms with Crippen LogP contribution in [0.3, 0.4) is 0 Å². The Bertz CT molecular complexity index is 1020. The molecule has 2 aromatic carbocycles. The molecule has 5 N–H and O–H groups in total. The van der Waals surface area contributed by atoms with Gasteiger partial charge in [0, 0.05) is 25.6 Å². The zero-order valence-electron chi connectivity index (χ0n) is 18.0. The summed E-state index contributed by atoms with van der Waals surface area (Å²) < 4.78 is 0. The van der Waals surface area contributed by atoms with E-state index in [4.69, 9.17) is 5.73 Å².